The van der Waals surface area contributed by atoms with Crippen molar-refractivity contribution in [1.82, 2.24) is 15.0 Å². The first-order valence-corrected chi connectivity index (χ1v) is 6.00. The van der Waals surface area contributed by atoms with Crippen LogP contribution in [0.15, 0.2) is 18.2 Å². The van der Waals surface area contributed by atoms with Crippen LogP contribution in [0.5, 0.6) is 5.75 Å². The van der Waals surface area contributed by atoms with Crippen molar-refractivity contribution in [3.63, 3.8) is 0 Å². The number of aromatic nitrogens is 3. The Bertz CT molecular complexity index is 710. The predicted molar refractivity (Wildman–Crippen MR) is 70.9 cm³/mol. The van der Waals surface area contributed by atoms with Gasteiger partial charge in [0.15, 0.2) is 11.4 Å². The van der Waals surface area contributed by atoms with Crippen molar-refractivity contribution >= 4 is 11.7 Å². The average Bonchev–Trinajstić information content (AvgIpc) is 2.90. The maximum Gasteiger partial charge on any atom is 0.358 e. The zero-order valence-electron chi connectivity index (χ0n) is 11.3. The van der Waals surface area contributed by atoms with Crippen molar-refractivity contribution in [3.8, 4) is 11.4 Å². The SMILES string of the molecule is CCc1c(C(=O)O)nnn1-c1ccc([N+](=O)[O-])cc1OC. The Morgan fingerprint density at radius 2 is 2.24 bits per heavy atom. The number of nitro benzene ring substituents is 1. The van der Waals surface area contributed by atoms with Gasteiger partial charge in [-0.15, -0.1) is 5.10 Å². The van der Waals surface area contributed by atoms with Crippen LogP contribution in [0, 0.1) is 10.1 Å². The Balaban J connectivity index is 2.61. The molecule has 0 unspecified atom stereocenters. The van der Waals surface area contributed by atoms with E-state index in [2.05, 4.69) is 10.3 Å². The molecule has 21 heavy (non-hydrogen) atoms. The molecule has 2 aromatic rings. The molecule has 1 aromatic carbocycles. The number of rotatable bonds is 5. The number of nitro groups is 1. The van der Waals surface area contributed by atoms with Gasteiger partial charge in [0, 0.05) is 6.07 Å². The molecule has 9 heteroatoms. The number of benzene rings is 1. The number of carboxylic acid groups (broad SMARTS) is 1. The highest BCUT2D eigenvalue weighted by Crippen LogP contribution is 2.28. The Kier molecular flexibility index (Phi) is 3.83. The van der Waals surface area contributed by atoms with E-state index in [-0.39, 0.29) is 17.1 Å². The maximum absolute atomic E-state index is 11.1. The third-order valence-corrected chi connectivity index (χ3v) is 2.90. The summed E-state index contributed by atoms with van der Waals surface area (Å²) in [7, 11) is 1.36. The van der Waals surface area contributed by atoms with Crippen molar-refractivity contribution in [2.45, 2.75) is 13.3 Å². The standard InChI is InChI=1S/C12H12N4O5/c1-3-8-11(12(17)18)13-14-15(8)9-5-4-7(16(19)20)6-10(9)21-2/h4-6H,3H2,1-2H3,(H,17,18). The minimum Gasteiger partial charge on any atom is -0.494 e. The minimum absolute atomic E-state index is 0.132. The van der Waals surface area contributed by atoms with E-state index in [1.807, 2.05) is 0 Å². The van der Waals surface area contributed by atoms with E-state index < -0.39 is 10.9 Å². The summed E-state index contributed by atoms with van der Waals surface area (Å²) in [6.07, 6.45) is 0.384. The highest BCUT2D eigenvalue weighted by molar-refractivity contribution is 5.86. The number of nitrogens with zero attached hydrogens (tertiary/aromatic N) is 4. The lowest BCUT2D eigenvalue weighted by Crippen LogP contribution is -2.07. The van der Waals surface area contributed by atoms with E-state index in [1.54, 1.807) is 6.92 Å². The molecule has 2 rings (SSSR count). The van der Waals surface area contributed by atoms with E-state index in [0.29, 0.717) is 17.8 Å². The van der Waals surface area contributed by atoms with Crippen molar-refractivity contribution in [1.29, 1.82) is 0 Å². The quantitative estimate of drug-likeness (QED) is 0.653. The van der Waals surface area contributed by atoms with Gasteiger partial charge in [0.05, 0.1) is 23.8 Å². The zero-order valence-corrected chi connectivity index (χ0v) is 11.3. The van der Waals surface area contributed by atoms with Crippen LogP contribution in [0.25, 0.3) is 5.69 Å². The second-order valence-corrected chi connectivity index (χ2v) is 4.07. The summed E-state index contributed by atoms with van der Waals surface area (Å²) in [5.74, 6) is -0.972. The van der Waals surface area contributed by atoms with E-state index in [0.717, 1.165) is 0 Å². The van der Waals surface area contributed by atoms with Crippen LogP contribution in [0.3, 0.4) is 0 Å². The molecule has 0 aliphatic carbocycles. The molecular weight excluding hydrogens is 280 g/mol. The molecule has 0 aliphatic rings. The summed E-state index contributed by atoms with van der Waals surface area (Å²) >= 11 is 0. The summed E-state index contributed by atoms with van der Waals surface area (Å²) in [6, 6.07) is 3.98. The fourth-order valence-corrected chi connectivity index (χ4v) is 1.93. The van der Waals surface area contributed by atoms with Crippen LogP contribution >= 0.6 is 0 Å². The minimum atomic E-state index is -1.18. The number of ether oxygens (including phenoxy) is 1. The summed E-state index contributed by atoms with van der Waals surface area (Å²) < 4.78 is 6.43. The molecule has 0 saturated heterocycles. The van der Waals surface area contributed by atoms with Gasteiger partial charge >= 0.3 is 5.97 Å². The van der Waals surface area contributed by atoms with Crippen LogP contribution < -0.4 is 4.74 Å². The normalized spacial score (nSPS) is 10.4. The van der Waals surface area contributed by atoms with Gasteiger partial charge in [-0.05, 0) is 12.5 Å². The third-order valence-electron chi connectivity index (χ3n) is 2.90. The molecule has 0 atom stereocenters. The van der Waals surface area contributed by atoms with Crippen molar-refractivity contribution in [2.75, 3.05) is 7.11 Å². The Labute approximate surface area is 118 Å². The van der Waals surface area contributed by atoms with Gasteiger partial charge in [-0.1, -0.05) is 12.1 Å². The van der Waals surface area contributed by atoms with Gasteiger partial charge in [0.2, 0.25) is 0 Å². The number of carbonyl (C=O) groups is 1. The highest BCUT2D eigenvalue weighted by atomic mass is 16.6. The van der Waals surface area contributed by atoms with Gasteiger partial charge in [0.25, 0.3) is 5.69 Å². The molecule has 1 heterocycles. The summed E-state index contributed by atoms with van der Waals surface area (Å²) in [5.41, 5.74) is 0.486. The van der Waals surface area contributed by atoms with Crippen molar-refractivity contribution in [3.05, 3.63) is 39.7 Å². The number of methoxy groups -OCH3 is 1. The smallest absolute Gasteiger partial charge is 0.358 e. The van der Waals surface area contributed by atoms with E-state index in [1.165, 1.54) is 30.0 Å². The summed E-state index contributed by atoms with van der Waals surface area (Å²) in [4.78, 5) is 21.3. The molecular formula is C12H12N4O5. The lowest BCUT2D eigenvalue weighted by molar-refractivity contribution is -0.384. The maximum atomic E-state index is 11.1. The number of hydrogen-bond donors (Lipinski definition) is 1. The predicted octanol–water partition coefficient (Wildman–Crippen LogP) is 1.44. The lowest BCUT2D eigenvalue weighted by Gasteiger charge is -2.10. The second-order valence-electron chi connectivity index (χ2n) is 4.07. The number of carboxylic acids is 1. The monoisotopic (exact) mass is 292 g/mol. The fourth-order valence-electron chi connectivity index (χ4n) is 1.93. The zero-order chi connectivity index (χ0) is 15.6. The Morgan fingerprint density at radius 3 is 2.76 bits per heavy atom. The van der Waals surface area contributed by atoms with Crippen LogP contribution in [0.2, 0.25) is 0 Å². The van der Waals surface area contributed by atoms with Crippen LogP contribution in [-0.4, -0.2) is 38.1 Å². The number of aromatic carboxylic acids is 1. The molecule has 1 N–H and O–H groups in total. The highest BCUT2D eigenvalue weighted by Gasteiger charge is 2.21. The topological polar surface area (TPSA) is 120 Å². The average molecular weight is 292 g/mol. The molecule has 0 spiro atoms. The lowest BCUT2D eigenvalue weighted by atomic mass is 10.2. The second kappa shape index (κ2) is 5.57. The molecule has 0 fully saturated rings. The van der Waals surface area contributed by atoms with Gasteiger partial charge in [-0.25, -0.2) is 9.48 Å². The van der Waals surface area contributed by atoms with Crippen molar-refractivity contribution < 1.29 is 19.6 Å². The van der Waals surface area contributed by atoms with Gasteiger partial charge in [-0.2, -0.15) is 0 Å². The first-order valence-electron chi connectivity index (χ1n) is 6.00. The number of non-ortho nitro benzene ring substituents is 1. The molecule has 1 aromatic heterocycles. The molecule has 0 bridgehead atoms. The molecule has 0 saturated carbocycles. The van der Waals surface area contributed by atoms with E-state index in [4.69, 9.17) is 9.84 Å². The van der Waals surface area contributed by atoms with E-state index in [9.17, 15) is 14.9 Å². The molecule has 0 radical (unpaired) electrons. The molecule has 110 valence electrons. The first kappa shape index (κ1) is 14.4. The molecule has 0 aliphatic heterocycles. The first-order chi connectivity index (χ1) is 9.99. The van der Waals surface area contributed by atoms with Gasteiger partial charge < -0.3 is 9.84 Å². The van der Waals surface area contributed by atoms with Gasteiger partial charge in [-0.3, -0.25) is 10.1 Å². The van der Waals surface area contributed by atoms with E-state index >= 15 is 0 Å². The number of hydrogen-bond acceptors (Lipinski definition) is 6. The largest absolute Gasteiger partial charge is 0.494 e. The third kappa shape index (κ3) is 2.53. The van der Waals surface area contributed by atoms with Crippen LogP contribution in [0.1, 0.15) is 23.1 Å². The molecule has 9 nitrogen and oxygen atoms in total. The van der Waals surface area contributed by atoms with Gasteiger partial charge in [0.1, 0.15) is 5.69 Å². The molecule has 0 amide bonds. The summed E-state index contributed by atoms with van der Waals surface area (Å²) in [6.45, 7) is 1.76. The Morgan fingerprint density at radius 1 is 1.52 bits per heavy atom. The van der Waals surface area contributed by atoms with Crippen molar-refractivity contribution in [2.24, 2.45) is 0 Å². The Hall–Kier alpha value is -2.97. The van der Waals surface area contributed by atoms with Crippen LogP contribution in [-0.2, 0) is 6.42 Å². The fraction of sp³-hybridized carbons (Fsp3) is 0.250. The van der Waals surface area contributed by atoms with Crippen LogP contribution in [0.4, 0.5) is 5.69 Å². The summed E-state index contributed by atoms with van der Waals surface area (Å²) in [5, 5.41) is 27.3.